The van der Waals surface area contributed by atoms with Gasteiger partial charge in [-0.15, -0.1) is 4.40 Å². The minimum atomic E-state index is -3.81. The van der Waals surface area contributed by atoms with Crippen LogP contribution in [0.2, 0.25) is 5.02 Å². The zero-order valence-electron chi connectivity index (χ0n) is 14.2. The molecule has 4 rings (SSSR count). The van der Waals surface area contributed by atoms with Crippen molar-refractivity contribution in [3.8, 4) is 0 Å². The van der Waals surface area contributed by atoms with Gasteiger partial charge in [-0.2, -0.15) is 8.42 Å². The van der Waals surface area contributed by atoms with E-state index in [0.717, 1.165) is 16.3 Å². The van der Waals surface area contributed by atoms with Gasteiger partial charge in [-0.05, 0) is 34.5 Å². The van der Waals surface area contributed by atoms with Crippen LogP contribution in [0.3, 0.4) is 0 Å². The van der Waals surface area contributed by atoms with Gasteiger partial charge in [0.05, 0.1) is 0 Å². The summed E-state index contributed by atoms with van der Waals surface area (Å²) in [6.45, 7) is 0. The van der Waals surface area contributed by atoms with Crippen LogP contribution in [-0.2, 0) is 16.6 Å². The number of nitrogens with one attached hydrogen (secondary N) is 2. The molecule has 0 radical (unpaired) electrons. The Hall–Kier alpha value is -2.83. The van der Waals surface area contributed by atoms with Crippen molar-refractivity contribution in [3.63, 3.8) is 0 Å². The van der Waals surface area contributed by atoms with Gasteiger partial charge in [0.25, 0.3) is 0 Å². The quantitative estimate of drug-likeness (QED) is 0.693. The zero-order valence-corrected chi connectivity index (χ0v) is 15.8. The summed E-state index contributed by atoms with van der Waals surface area (Å²) in [6.07, 6.45) is 2.14. The molecular weight excluding hydrogens is 382 g/mol. The lowest BCUT2D eigenvalue weighted by molar-refractivity contribution is 0.589. The normalized spacial score (nSPS) is 15.6. The van der Waals surface area contributed by atoms with Gasteiger partial charge in [-0.3, -0.25) is 4.72 Å². The first-order valence-corrected chi connectivity index (χ1v) is 10.1. The molecular formula is C20H16ClN3O2S. The molecule has 3 aromatic carbocycles. The van der Waals surface area contributed by atoms with E-state index in [9.17, 15) is 8.42 Å². The highest BCUT2D eigenvalue weighted by Gasteiger charge is 2.19. The lowest BCUT2D eigenvalue weighted by Crippen LogP contribution is -2.30. The third-order valence-corrected chi connectivity index (χ3v) is 5.34. The number of anilines is 1. The van der Waals surface area contributed by atoms with Crippen LogP contribution in [-0.4, -0.2) is 14.3 Å². The Morgan fingerprint density at radius 1 is 1.00 bits per heavy atom. The van der Waals surface area contributed by atoms with E-state index in [1.165, 1.54) is 0 Å². The molecule has 5 nitrogen and oxygen atoms in total. The molecule has 0 unspecified atom stereocenters. The van der Waals surface area contributed by atoms with E-state index < -0.39 is 10.2 Å². The highest BCUT2D eigenvalue weighted by atomic mass is 35.5. The third kappa shape index (κ3) is 4.13. The lowest BCUT2D eigenvalue weighted by atomic mass is 10.0. The van der Waals surface area contributed by atoms with E-state index in [-0.39, 0.29) is 5.84 Å². The summed E-state index contributed by atoms with van der Waals surface area (Å²) < 4.78 is 30.6. The van der Waals surface area contributed by atoms with Crippen molar-refractivity contribution in [2.24, 2.45) is 4.40 Å². The fraction of sp³-hybridized carbons (Fsp3) is 0.0500. The van der Waals surface area contributed by atoms with E-state index in [1.807, 2.05) is 42.5 Å². The molecule has 0 aliphatic carbocycles. The molecule has 0 aromatic heterocycles. The van der Waals surface area contributed by atoms with Crippen LogP contribution in [0.5, 0.6) is 0 Å². The van der Waals surface area contributed by atoms with Gasteiger partial charge in [0.2, 0.25) is 0 Å². The number of hydrogen-bond donors (Lipinski definition) is 2. The second-order valence-corrected chi connectivity index (χ2v) is 7.95. The van der Waals surface area contributed by atoms with E-state index >= 15 is 0 Å². The second kappa shape index (κ2) is 7.06. The molecule has 1 aliphatic rings. The predicted molar refractivity (Wildman–Crippen MR) is 110 cm³/mol. The monoisotopic (exact) mass is 397 g/mol. The molecule has 2 N–H and O–H groups in total. The Morgan fingerprint density at radius 2 is 1.78 bits per heavy atom. The summed E-state index contributed by atoms with van der Waals surface area (Å²) in [5, 5.41) is 5.75. The first-order chi connectivity index (χ1) is 13.0. The Labute approximate surface area is 162 Å². The minimum Gasteiger partial charge on any atom is -0.339 e. The second-order valence-electron chi connectivity index (χ2n) is 6.17. The van der Waals surface area contributed by atoms with E-state index in [1.54, 1.807) is 30.3 Å². The molecule has 1 aliphatic heterocycles. The molecule has 0 fully saturated rings. The zero-order chi connectivity index (χ0) is 18.9. The maximum Gasteiger partial charge on any atom is 0.343 e. The summed E-state index contributed by atoms with van der Waals surface area (Å²) in [5.74, 6) is 0.242. The first-order valence-electron chi connectivity index (χ1n) is 8.31. The van der Waals surface area contributed by atoms with Gasteiger partial charge in [-0.1, -0.05) is 60.1 Å². The van der Waals surface area contributed by atoms with Crippen molar-refractivity contribution in [2.45, 2.75) is 6.42 Å². The van der Waals surface area contributed by atoms with Gasteiger partial charge < -0.3 is 5.32 Å². The Bertz CT molecular complexity index is 1180. The van der Waals surface area contributed by atoms with Crippen molar-refractivity contribution < 1.29 is 8.42 Å². The number of nitrogens with zero attached hydrogens (tertiary/aromatic N) is 1. The van der Waals surface area contributed by atoms with Crippen LogP contribution in [0, 0.1) is 0 Å². The van der Waals surface area contributed by atoms with Crippen LogP contribution >= 0.6 is 11.6 Å². The first kappa shape index (κ1) is 17.6. The molecule has 3 aromatic rings. The van der Waals surface area contributed by atoms with Crippen LogP contribution in [0.4, 0.5) is 5.69 Å². The average Bonchev–Trinajstić information content (AvgIpc) is 2.61. The summed E-state index contributed by atoms with van der Waals surface area (Å²) in [6, 6.07) is 21.0. The highest BCUT2D eigenvalue weighted by Crippen LogP contribution is 2.22. The van der Waals surface area contributed by atoms with Gasteiger partial charge in [0, 0.05) is 28.9 Å². The van der Waals surface area contributed by atoms with Crippen LogP contribution < -0.4 is 10.0 Å². The van der Waals surface area contributed by atoms with Crippen molar-refractivity contribution in [1.29, 1.82) is 0 Å². The van der Waals surface area contributed by atoms with Gasteiger partial charge in [0.15, 0.2) is 0 Å². The standard InChI is InChI=1S/C20H16ClN3O2S/c21-16-8-4-9-17(12-16)22-20-13-18(23-27(25,26)24-20)11-15-7-3-6-14-5-1-2-10-19(14)15/h1-10,12-13,23H,11H2,(H,22,24). The van der Waals surface area contributed by atoms with Gasteiger partial charge in [-0.25, -0.2) is 0 Å². The van der Waals surface area contributed by atoms with Crippen molar-refractivity contribution in [2.75, 3.05) is 5.32 Å². The van der Waals surface area contributed by atoms with E-state index in [0.29, 0.717) is 22.8 Å². The molecule has 0 amide bonds. The van der Waals surface area contributed by atoms with Crippen LogP contribution in [0.25, 0.3) is 10.8 Å². The Kier molecular flexibility index (Phi) is 4.59. The number of benzene rings is 3. The topological polar surface area (TPSA) is 70.6 Å². The fourth-order valence-electron chi connectivity index (χ4n) is 3.05. The maximum atomic E-state index is 12.2. The van der Waals surface area contributed by atoms with Gasteiger partial charge in [0.1, 0.15) is 5.84 Å². The molecule has 0 bridgehead atoms. The molecule has 27 heavy (non-hydrogen) atoms. The molecule has 0 saturated carbocycles. The average molecular weight is 398 g/mol. The molecule has 1 heterocycles. The Balaban J connectivity index is 1.66. The maximum absolute atomic E-state index is 12.2. The summed E-state index contributed by atoms with van der Waals surface area (Å²) in [5.41, 5.74) is 2.25. The smallest absolute Gasteiger partial charge is 0.339 e. The highest BCUT2D eigenvalue weighted by molar-refractivity contribution is 7.88. The van der Waals surface area contributed by atoms with Crippen molar-refractivity contribution >= 4 is 44.1 Å². The number of hydrogen-bond acceptors (Lipinski definition) is 3. The number of rotatable bonds is 3. The number of amidine groups is 1. The van der Waals surface area contributed by atoms with Crippen LogP contribution in [0.15, 0.2) is 82.9 Å². The molecule has 0 saturated heterocycles. The number of halogens is 1. The third-order valence-electron chi connectivity index (χ3n) is 4.15. The molecule has 0 atom stereocenters. The number of allylic oxidation sites excluding steroid dienone is 1. The SMILES string of the molecule is O=S1(=O)N=C(Nc2cccc(Cl)c2)C=C(Cc2cccc3ccccc23)N1. The lowest BCUT2D eigenvalue weighted by Gasteiger charge is -2.17. The Morgan fingerprint density at radius 3 is 2.63 bits per heavy atom. The number of fused-ring (bicyclic) bond motifs is 1. The summed E-state index contributed by atoms with van der Waals surface area (Å²) in [4.78, 5) is 0. The van der Waals surface area contributed by atoms with Crippen LogP contribution in [0.1, 0.15) is 5.56 Å². The summed E-state index contributed by atoms with van der Waals surface area (Å²) in [7, 11) is -3.81. The molecule has 7 heteroatoms. The van der Waals surface area contributed by atoms with E-state index in [2.05, 4.69) is 14.4 Å². The summed E-state index contributed by atoms with van der Waals surface area (Å²) >= 11 is 5.98. The largest absolute Gasteiger partial charge is 0.343 e. The van der Waals surface area contributed by atoms with E-state index in [4.69, 9.17) is 11.6 Å². The van der Waals surface area contributed by atoms with Gasteiger partial charge >= 0.3 is 10.2 Å². The fourth-order valence-corrected chi connectivity index (χ4v) is 4.11. The minimum absolute atomic E-state index is 0.242. The predicted octanol–water partition coefficient (Wildman–Crippen LogP) is 4.28. The van der Waals surface area contributed by atoms with Crippen molar-refractivity contribution in [3.05, 3.63) is 89.1 Å². The molecule has 0 spiro atoms. The molecule has 136 valence electrons. The van der Waals surface area contributed by atoms with Crippen molar-refractivity contribution in [1.82, 2.24) is 4.72 Å².